The molecule has 2 aromatic rings. The highest BCUT2D eigenvalue weighted by Gasteiger charge is 2.35. The fraction of sp³-hybridized carbons (Fsp3) is 0.375. The summed E-state index contributed by atoms with van der Waals surface area (Å²) in [5.41, 5.74) is 2.45. The Labute approximate surface area is 132 Å². The van der Waals surface area contributed by atoms with Crippen LogP contribution in [-0.4, -0.2) is 30.0 Å². The van der Waals surface area contributed by atoms with Crippen LogP contribution in [-0.2, 0) is 0 Å². The van der Waals surface area contributed by atoms with E-state index in [0.29, 0.717) is 18.3 Å². The van der Waals surface area contributed by atoms with Gasteiger partial charge in [-0.1, -0.05) is 23.5 Å². The van der Waals surface area contributed by atoms with Gasteiger partial charge in [-0.05, 0) is 31.4 Å². The molecule has 2 aliphatic heterocycles. The molecule has 0 unspecified atom stereocenters. The number of amides is 1. The summed E-state index contributed by atoms with van der Waals surface area (Å²) >= 11 is 1.03. The molecule has 114 valence electrons. The molecular formula is C16H17N3O2S. The van der Waals surface area contributed by atoms with E-state index in [9.17, 15) is 9.59 Å². The first-order chi connectivity index (χ1) is 10.7. The molecule has 4 rings (SSSR count). The fourth-order valence-corrected chi connectivity index (χ4v) is 4.03. The van der Waals surface area contributed by atoms with Gasteiger partial charge in [0.05, 0.1) is 11.4 Å². The smallest absolute Gasteiger partial charge is 0.305 e. The number of carbonyl (C=O) groups is 1. The van der Waals surface area contributed by atoms with Gasteiger partial charge in [-0.3, -0.25) is 9.59 Å². The number of aromatic nitrogens is 1. The second-order valence-electron chi connectivity index (χ2n) is 5.81. The Hall–Kier alpha value is -2.08. The number of anilines is 2. The first-order valence-electron chi connectivity index (χ1n) is 7.59. The lowest BCUT2D eigenvalue weighted by Crippen LogP contribution is -2.53. The summed E-state index contributed by atoms with van der Waals surface area (Å²) in [5, 5.41) is 1.61. The van der Waals surface area contributed by atoms with E-state index in [1.807, 2.05) is 23.1 Å². The van der Waals surface area contributed by atoms with Crippen molar-refractivity contribution in [1.29, 1.82) is 0 Å². The lowest BCUT2D eigenvalue weighted by molar-refractivity contribution is 0.0978. The number of aromatic amines is 1. The molecule has 1 amide bonds. The average Bonchev–Trinajstić information content (AvgIpc) is 3.00. The highest BCUT2D eigenvalue weighted by atomic mass is 32.1. The number of fused-ring (bicyclic) bond motifs is 3. The Bertz CT molecular complexity index is 767. The molecule has 0 spiro atoms. The quantitative estimate of drug-likeness (QED) is 0.879. The van der Waals surface area contributed by atoms with E-state index >= 15 is 0 Å². The number of hydrogen-bond donors (Lipinski definition) is 1. The predicted octanol–water partition coefficient (Wildman–Crippen LogP) is 2.46. The summed E-state index contributed by atoms with van der Waals surface area (Å²) in [6.07, 6.45) is 3.52. The van der Waals surface area contributed by atoms with Crippen LogP contribution in [0.2, 0.25) is 0 Å². The maximum atomic E-state index is 12.8. The third kappa shape index (κ3) is 2.14. The van der Waals surface area contributed by atoms with E-state index in [2.05, 4.69) is 16.0 Å². The van der Waals surface area contributed by atoms with Gasteiger partial charge in [0.2, 0.25) is 0 Å². The van der Waals surface area contributed by atoms with Crippen LogP contribution >= 0.6 is 11.3 Å². The molecule has 0 radical (unpaired) electrons. The zero-order valence-electron chi connectivity index (χ0n) is 12.1. The van der Waals surface area contributed by atoms with E-state index in [0.717, 1.165) is 35.7 Å². The highest BCUT2D eigenvalue weighted by molar-refractivity contribution is 7.07. The molecule has 6 heteroatoms. The van der Waals surface area contributed by atoms with Crippen LogP contribution in [0.4, 0.5) is 11.4 Å². The van der Waals surface area contributed by atoms with E-state index in [1.165, 1.54) is 12.8 Å². The van der Waals surface area contributed by atoms with Crippen molar-refractivity contribution < 1.29 is 4.79 Å². The van der Waals surface area contributed by atoms with Crippen LogP contribution in [0.5, 0.6) is 0 Å². The van der Waals surface area contributed by atoms with E-state index in [4.69, 9.17) is 0 Å². The van der Waals surface area contributed by atoms with E-state index < -0.39 is 0 Å². The van der Waals surface area contributed by atoms with Crippen LogP contribution in [0.15, 0.2) is 34.4 Å². The number of H-pyrrole nitrogens is 1. The average molecular weight is 315 g/mol. The summed E-state index contributed by atoms with van der Waals surface area (Å²) in [7, 11) is 0. The molecular weight excluding hydrogens is 298 g/mol. The summed E-state index contributed by atoms with van der Waals surface area (Å²) in [6.45, 7) is 1.74. The van der Waals surface area contributed by atoms with Gasteiger partial charge in [-0.2, -0.15) is 0 Å². The van der Waals surface area contributed by atoms with Gasteiger partial charge in [0.25, 0.3) is 5.91 Å². The number of rotatable bonds is 1. The number of thiazole rings is 1. The maximum absolute atomic E-state index is 12.8. The molecule has 1 aromatic heterocycles. The third-order valence-electron chi connectivity index (χ3n) is 4.50. The van der Waals surface area contributed by atoms with Crippen LogP contribution < -0.4 is 14.7 Å². The minimum Gasteiger partial charge on any atom is -0.365 e. The van der Waals surface area contributed by atoms with Gasteiger partial charge in [-0.25, -0.2) is 0 Å². The number of hydrogen-bond acceptors (Lipinski definition) is 4. The van der Waals surface area contributed by atoms with Crippen molar-refractivity contribution in [2.24, 2.45) is 0 Å². The molecule has 1 saturated heterocycles. The van der Waals surface area contributed by atoms with Crippen LogP contribution in [0.3, 0.4) is 0 Å². The summed E-state index contributed by atoms with van der Waals surface area (Å²) < 4.78 is 0. The maximum Gasteiger partial charge on any atom is 0.305 e. The van der Waals surface area contributed by atoms with Crippen molar-refractivity contribution >= 4 is 28.6 Å². The normalized spacial score (nSPS) is 20.5. The zero-order chi connectivity index (χ0) is 15.1. The largest absolute Gasteiger partial charge is 0.365 e. The van der Waals surface area contributed by atoms with Crippen molar-refractivity contribution in [1.82, 2.24) is 4.98 Å². The highest BCUT2D eigenvalue weighted by Crippen LogP contribution is 2.38. The van der Waals surface area contributed by atoms with E-state index in [1.54, 1.807) is 5.38 Å². The molecule has 1 fully saturated rings. The fourth-order valence-electron chi connectivity index (χ4n) is 3.47. The summed E-state index contributed by atoms with van der Waals surface area (Å²) in [4.78, 5) is 30.8. The summed E-state index contributed by atoms with van der Waals surface area (Å²) in [6, 6.07) is 8.43. The molecule has 5 nitrogen and oxygen atoms in total. The number of nitrogens with zero attached hydrogens (tertiary/aromatic N) is 2. The number of piperidine rings is 1. The Morgan fingerprint density at radius 1 is 1.23 bits per heavy atom. The topological polar surface area (TPSA) is 56.4 Å². The van der Waals surface area contributed by atoms with Crippen LogP contribution in [0.1, 0.15) is 29.8 Å². The second-order valence-corrected chi connectivity index (χ2v) is 6.65. The number of carbonyl (C=O) groups excluding carboxylic acids is 1. The van der Waals surface area contributed by atoms with Crippen molar-refractivity contribution in [2.75, 3.05) is 22.9 Å². The molecule has 1 atom stereocenters. The lowest BCUT2D eigenvalue weighted by atomic mass is 9.97. The Morgan fingerprint density at radius 2 is 2.05 bits per heavy atom. The minimum absolute atomic E-state index is 0.115. The Kier molecular flexibility index (Phi) is 3.26. The molecule has 0 saturated carbocycles. The van der Waals surface area contributed by atoms with Crippen molar-refractivity contribution in [3.63, 3.8) is 0 Å². The van der Waals surface area contributed by atoms with Gasteiger partial charge >= 0.3 is 4.87 Å². The molecule has 3 heterocycles. The lowest BCUT2D eigenvalue weighted by Gasteiger charge is -2.46. The van der Waals surface area contributed by atoms with Gasteiger partial charge in [0, 0.05) is 24.5 Å². The van der Waals surface area contributed by atoms with Crippen molar-refractivity contribution in [2.45, 2.75) is 25.3 Å². The Balaban J connectivity index is 1.76. The monoisotopic (exact) mass is 315 g/mol. The summed E-state index contributed by atoms with van der Waals surface area (Å²) in [5.74, 6) is -0.115. The van der Waals surface area contributed by atoms with Gasteiger partial charge < -0.3 is 14.8 Å². The second kappa shape index (κ2) is 5.28. The molecule has 0 aliphatic carbocycles. The van der Waals surface area contributed by atoms with Gasteiger partial charge in [-0.15, -0.1) is 0 Å². The van der Waals surface area contributed by atoms with Crippen LogP contribution in [0.25, 0.3) is 0 Å². The first-order valence-corrected chi connectivity index (χ1v) is 8.47. The van der Waals surface area contributed by atoms with Crippen molar-refractivity contribution in [3.8, 4) is 0 Å². The first kappa shape index (κ1) is 13.6. The van der Waals surface area contributed by atoms with Crippen LogP contribution in [0, 0.1) is 0 Å². The molecule has 2 aliphatic rings. The van der Waals surface area contributed by atoms with Crippen molar-refractivity contribution in [3.05, 3.63) is 45.0 Å². The third-order valence-corrected chi connectivity index (χ3v) is 5.17. The molecule has 22 heavy (non-hydrogen) atoms. The minimum atomic E-state index is -0.187. The molecule has 1 aromatic carbocycles. The van der Waals surface area contributed by atoms with E-state index in [-0.39, 0.29) is 10.8 Å². The molecule has 1 N–H and O–H groups in total. The number of nitrogens with one attached hydrogen (secondary N) is 1. The number of para-hydroxylation sites is 2. The SMILES string of the molecule is O=C(c1csc(=O)[nH]1)N1C[C@@H]2CCCCN2c2ccccc21. The predicted molar refractivity (Wildman–Crippen MR) is 88.0 cm³/mol. The van der Waals surface area contributed by atoms with Gasteiger partial charge in [0.1, 0.15) is 5.69 Å². The molecule has 0 bridgehead atoms. The zero-order valence-corrected chi connectivity index (χ0v) is 12.9. The Morgan fingerprint density at radius 3 is 2.82 bits per heavy atom. The standard InChI is InChI=1S/C16H17N3O2S/c20-15(12-10-22-16(21)17-12)19-9-11-5-3-4-8-18(11)13-6-1-2-7-14(13)19/h1-2,6-7,10-11H,3-5,8-9H2,(H,17,21)/t11-/m0/s1. The number of benzene rings is 1. The van der Waals surface area contributed by atoms with Gasteiger partial charge in [0.15, 0.2) is 0 Å².